The van der Waals surface area contributed by atoms with Crippen molar-refractivity contribution in [3.63, 3.8) is 0 Å². The van der Waals surface area contributed by atoms with Gasteiger partial charge < -0.3 is 10.2 Å². The van der Waals surface area contributed by atoms with Gasteiger partial charge in [0.1, 0.15) is 0 Å². The lowest BCUT2D eigenvalue weighted by Crippen LogP contribution is -2.47. The quantitative estimate of drug-likeness (QED) is 0.824. The first kappa shape index (κ1) is 13.3. The van der Waals surface area contributed by atoms with Crippen LogP contribution in [0.1, 0.15) is 18.5 Å². The zero-order valence-corrected chi connectivity index (χ0v) is 11.9. The average Bonchev–Trinajstić information content (AvgIpc) is 3.05. The van der Waals surface area contributed by atoms with Crippen molar-refractivity contribution in [2.75, 3.05) is 13.1 Å². The van der Waals surface area contributed by atoms with Gasteiger partial charge in [0.2, 0.25) is 0 Å². The summed E-state index contributed by atoms with van der Waals surface area (Å²) in [7, 11) is 1.88. The van der Waals surface area contributed by atoms with Crippen molar-refractivity contribution in [3.05, 3.63) is 30.4 Å². The molecule has 2 amide bonds. The molecule has 3 rings (SSSR count). The van der Waals surface area contributed by atoms with Gasteiger partial charge in [-0.1, -0.05) is 0 Å². The monoisotopic (exact) mass is 287 g/mol. The number of carbonyl (C=O) groups excluding carboxylic acids is 1. The summed E-state index contributed by atoms with van der Waals surface area (Å²) in [5.41, 5.74) is 1.08. The van der Waals surface area contributed by atoms with E-state index in [1.54, 1.807) is 10.9 Å². The first-order valence-electron chi connectivity index (χ1n) is 6.80. The number of aryl methyl sites for hydroxylation is 1. The highest BCUT2D eigenvalue weighted by atomic mass is 16.2. The van der Waals surface area contributed by atoms with Crippen LogP contribution in [-0.4, -0.2) is 45.5 Å². The van der Waals surface area contributed by atoms with E-state index < -0.39 is 0 Å². The number of nitrogens with zero attached hydrogens (tertiary/aromatic N) is 5. The summed E-state index contributed by atoms with van der Waals surface area (Å²) in [4.78, 5) is 22.3. The predicted molar refractivity (Wildman–Crippen MR) is 78.9 cm³/mol. The van der Waals surface area contributed by atoms with Crippen molar-refractivity contribution in [1.82, 2.24) is 25.3 Å². The third kappa shape index (κ3) is 2.51. The van der Waals surface area contributed by atoms with Crippen LogP contribution in [0.15, 0.2) is 34.8 Å². The van der Waals surface area contributed by atoms with Crippen LogP contribution < -0.4 is 10.6 Å². The van der Waals surface area contributed by atoms with Gasteiger partial charge in [0, 0.05) is 37.8 Å². The molecule has 3 heterocycles. The second kappa shape index (κ2) is 5.39. The molecule has 2 aliphatic rings. The van der Waals surface area contributed by atoms with Gasteiger partial charge in [0.05, 0.1) is 18.8 Å². The number of hydrogen-bond acceptors (Lipinski definition) is 5. The molecule has 2 N–H and O–H groups in total. The van der Waals surface area contributed by atoms with Crippen LogP contribution in [0.5, 0.6) is 0 Å². The number of urea groups is 1. The number of aliphatic imine (C=N–C) groups is 2. The van der Waals surface area contributed by atoms with Gasteiger partial charge in [-0.3, -0.25) is 15.0 Å². The molecule has 21 heavy (non-hydrogen) atoms. The second-order valence-electron chi connectivity index (χ2n) is 4.80. The molecule has 0 spiro atoms. The molecule has 1 aromatic rings. The highest BCUT2D eigenvalue weighted by Crippen LogP contribution is 2.28. The number of hydrogen-bond donors (Lipinski definition) is 2. The molecule has 0 aliphatic carbocycles. The molecule has 110 valence electrons. The van der Waals surface area contributed by atoms with Gasteiger partial charge in [0.25, 0.3) is 0 Å². The summed E-state index contributed by atoms with van der Waals surface area (Å²) in [6.07, 6.45) is 7.33. The van der Waals surface area contributed by atoms with E-state index in [0.717, 1.165) is 5.56 Å². The van der Waals surface area contributed by atoms with Crippen molar-refractivity contribution in [2.24, 2.45) is 17.0 Å². The molecule has 0 fully saturated rings. The molecule has 0 bridgehead atoms. The van der Waals surface area contributed by atoms with E-state index in [9.17, 15) is 4.79 Å². The van der Waals surface area contributed by atoms with Crippen LogP contribution in [0, 0.1) is 0 Å². The highest BCUT2D eigenvalue weighted by molar-refractivity contribution is 6.43. The molecule has 1 unspecified atom stereocenters. The fraction of sp³-hybridized carbons (Fsp3) is 0.385. The van der Waals surface area contributed by atoms with Crippen LogP contribution in [-0.2, 0) is 7.05 Å². The van der Waals surface area contributed by atoms with Gasteiger partial charge in [-0.2, -0.15) is 5.10 Å². The minimum Gasteiger partial charge on any atom is -0.338 e. The Hall–Kier alpha value is -2.64. The second-order valence-corrected chi connectivity index (χ2v) is 4.80. The van der Waals surface area contributed by atoms with E-state index in [4.69, 9.17) is 0 Å². The van der Waals surface area contributed by atoms with Crippen molar-refractivity contribution in [1.29, 1.82) is 0 Å². The summed E-state index contributed by atoms with van der Waals surface area (Å²) < 4.78 is 1.77. The Labute approximate surface area is 122 Å². The van der Waals surface area contributed by atoms with E-state index in [2.05, 4.69) is 25.7 Å². The fourth-order valence-electron chi connectivity index (χ4n) is 2.38. The number of fused-ring (bicyclic) bond motifs is 1. The zero-order chi connectivity index (χ0) is 14.8. The van der Waals surface area contributed by atoms with Crippen molar-refractivity contribution in [3.8, 4) is 0 Å². The largest absolute Gasteiger partial charge is 0.338 e. The molecule has 1 aromatic heterocycles. The third-order valence-electron chi connectivity index (χ3n) is 3.32. The summed E-state index contributed by atoms with van der Waals surface area (Å²) in [5.74, 6) is 1.15. The average molecular weight is 287 g/mol. The SMILES string of the molecule is CCNC(=O)NC1=NC=CN2C1=NCC2c1cnn(C)c1. The van der Waals surface area contributed by atoms with Gasteiger partial charge >= 0.3 is 6.03 Å². The van der Waals surface area contributed by atoms with Gasteiger partial charge in [-0.25, -0.2) is 9.79 Å². The number of amides is 2. The Morgan fingerprint density at radius 3 is 3.10 bits per heavy atom. The summed E-state index contributed by atoms with van der Waals surface area (Å²) in [5, 5.41) is 9.60. The maximum atomic E-state index is 11.6. The normalized spacial score (nSPS) is 19.9. The fourth-order valence-corrected chi connectivity index (χ4v) is 2.38. The lowest BCUT2D eigenvalue weighted by molar-refractivity contribution is 0.246. The van der Waals surface area contributed by atoms with Crippen molar-refractivity contribution in [2.45, 2.75) is 13.0 Å². The van der Waals surface area contributed by atoms with E-state index in [-0.39, 0.29) is 12.1 Å². The molecule has 0 aromatic carbocycles. The summed E-state index contributed by atoms with van der Waals surface area (Å²) >= 11 is 0. The molecule has 1 atom stereocenters. The first-order valence-corrected chi connectivity index (χ1v) is 6.80. The predicted octanol–water partition coefficient (Wildman–Crippen LogP) is 0.378. The number of aromatic nitrogens is 2. The maximum absolute atomic E-state index is 11.6. The lowest BCUT2D eigenvalue weighted by Gasteiger charge is -2.26. The molecule has 0 saturated carbocycles. The minimum absolute atomic E-state index is 0.0893. The molecule has 8 nitrogen and oxygen atoms in total. The van der Waals surface area contributed by atoms with Gasteiger partial charge in [0.15, 0.2) is 11.7 Å². The van der Waals surface area contributed by atoms with Crippen LogP contribution in [0.3, 0.4) is 0 Å². The molecular weight excluding hydrogens is 270 g/mol. The van der Waals surface area contributed by atoms with Crippen LogP contribution >= 0.6 is 0 Å². The Bertz CT molecular complexity index is 643. The van der Waals surface area contributed by atoms with E-state index in [1.165, 1.54) is 0 Å². The Morgan fingerprint density at radius 2 is 2.38 bits per heavy atom. The Morgan fingerprint density at radius 1 is 1.52 bits per heavy atom. The topological polar surface area (TPSA) is 86.9 Å². The molecule has 0 radical (unpaired) electrons. The number of amidine groups is 2. The number of rotatable bonds is 2. The molecule has 0 saturated heterocycles. The highest BCUT2D eigenvalue weighted by Gasteiger charge is 2.33. The first-order chi connectivity index (χ1) is 10.2. The smallest absolute Gasteiger partial charge is 0.320 e. The zero-order valence-electron chi connectivity index (χ0n) is 11.9. The third-order valence-corrected chi connectivity index (χ3v) is 3.32. The van der Waals surface area contributed by atoms with E-state index in [1.807, 2.05) is 37.5 Å². The van der Waals surface area contributed by atoms with E-state index in [0.29, 0.717) is 24.8 Å². The summed E-state index contributed by atoms with van der Waals surface area (Å²) in [6.45, 7) is 3.03. The number of carbonyl (C=O) groups is 1. The lowest BCUT2D eigenvalue weighted by atomic mass is 10.1. The van der Waals surface area contributed by atoms with Gasteiger partial charge in [-0.05, 0) is 6.92 Å². The number of nitrogens with one attached hydrogen (secondary N) is 2. The summed E-state index contributed by atoms with van der Waals surface area (Å²) in [6, 6.07) is -0.189. The molecule has 2 aliphatic heterocycles. The minimum atomic E-state index is -0.279. The Balaban J connectivity index is 1.76. The van der Waals surface area contributed by atoms with E-state index >= 15 is 0 Å². The van der Waals surface area contributed by atoms with Crippen molar-refractivity contribution < 1.29 is 4.79 Å². The maximum Gasteiger partial charge on any atom is 0.320 e. The van der Waals surface area contributed by atoms with Gasteiger partial charge in [-0.15, -0.1) is 0 Å². The van der Waals surface area contributed by atoms with Crippen molar-refractivity contribution >= 4 is 17.7 Å². The molecule has 8 heteroatoms. The van der Waals surface area contributed by atoms with Crippen LogP contribution in [0.2, 0.25) is 0 Å². The standard InChI is InChI=1S/C13H17N7O/c1-3-14-13(21)18-11-12-16-7-10(20(12)5-4-15-11)9-6-17-19(2)8-9/h4-6,8,10H,3,7H2,1-2H3,(H2,14,15,18,21). The Kier molecular flexibility index (Phi) is 3.43. The van der Waals surface area contributed by atoms with Crippen LogP contribution in [0.4, 0.5) is 4.79 Å². The molecular formula is C13H17N7O. The van der Waals surface area contributed by atoms with Crippen LogP contribution in [0.25, 0.3) is 0 Å².